The summed E-state index contributed by atoms with van der Waals surface area (Å²) >= 11 is 0. The van der Waals surface area contributed by atoms with Crippen LogP contribution in [-0.2, 0) is 0 Å². The molecule has 2 atom stereocenters. The second-order valence-corrected chi connectivity index (χ2v) is 9.64. The molecule has 200 valence electrons. The van der Waals surface area contributed by atoms with Crippen molar-refractivity contribution in [3.63, 3.8) is 0 Å². The molecule has 0 aliphatic carbocycles. The highest BCUT2D eigenvalue weighted by Crippen LogP contribution is 2.37. The summed E-state index contributed by atoms with van der Waals surface area (Å²) in [6, 6.07) is 9.10. The fraction of sp³-hybridized carbons (Fsp3) is 0.385. The lowest BCUT2D eigenvalue weighted by Gasteiger charge is -2.28. The Morgan fingerprint density at radius 3 is 2.61 bits per heavy atom. The van der Waals surface area contributed by atoms with Gasteiger partial charge in [0.15, 0.2) is 5.82 Å². The van der Waals surface area contributed by atoms with Crippen molar-refractivity contribution in [2.45, 2.75) is 32.0 Å². The average molecular weight is 530 g/mol. The predicted octanol–water partition coefficient (Wildman–Crippen LogP) is 5.33. The van der Waals surface area contributed by atoms with Crippen LogP contribution in [0.25, 0.3) is 11.3 Å². The molecule has 1 fully saturated rings. The Balaban J connectivity index is 1.46. The van der Waals surface area contributed by atoms with Crippen LogP contribution < -0.4 is 20.0 Å². The molecule has 3 aromatic heterocycles. The first kappa shape index (κ1) is 25.7. The first-order valence-corrected chi connectivity index (χ1v) is 12.3. The monoisotopic (exact) mass is 529 g/mol. The first-order valence-electron chi connectivity index (χ1n) is 12.3. The molecule has 2 aliphatic heterocycles. The molecule has 0 aromatic carbocycles. The lowest BCUT2D eigenvalue weighted by atomic mass is 10.1. The molecule has 0 bridgehead atoms. The van der Waals surface area contributed by atoms with Crippen LogP contribution in [0.15, 0.2) is 48.8 Å². The van der Waals surface area contributed by atoms with E-state index in [-0.39, 0.29) is 31.4 Å². The summed E-state index contributed by atoms with van der Waals surface area (Å²) in [4.78, 5) is 31.7. The average Bonchev–Trinajstić information content (AvgIpc) is 3.36. The Morgan fingerprint density at radius 1 is 1.08 bits per heavy atom. The van der Waals surface area contributed by atoms with E-state index in [2.05, 4.69) is 15.3 Å². The zero-order valence-electron chi connectivity index (χ0n) is 20.9. The lowest BCUT2D eigenvalue weighted by Crippen LogP contribution is -2.42. The molecular weight excluding hydrogens is 502 g/mol. The topological polar surface area (TPSA) is 77.5 Å². The number of pyridine rings is 3. The zero-order valence-corrected chi connectivity index (χ0v) is 20.9. The van der Waals surface area contributed by atoms with Gasteiger partial charge >= 0.3 is 12.2 Å². The predicted molar refractivity (Wildman–Crippen MR) is 137 cm³/mol. The molecule has 1 N–H and O–H groups in total. The van der Waals surface area contributed by atoms with Crippen molar-refractivity contribution in [3.05, 3.63) is 54.6 Å². The van der Waals surface area contributed by atoms with Gasteiger partial charge in [0.1, 0.15) is 17.5 Å². The van der Waals surface area contributed by atoms with E-state index < -0.39 is 23.9 Å². The minimum absolute atomic E-state index is 0.0315. The number of rotatable bonds is 3. The third kappa shape index (κ3) is 5.20. The standard InChI is InChI=1S/C26H27F4N7O/c1-16-8-11-35(2)21-5-4-20(33-24(21)37(16)25(38)34-22-6-3-19(27)14-32-22)17-7-10-31-23(13-17)36-12-9-18(15-36)26(28,29)30/h3-7,10,13-14,16,18H,8-9,11-12,15H2,1-2H3,(H,32,34,38)/t16-,18?/m1/s1. The third-order valence-electron chi connectivity index (χ3n) is 7.01. The van der Waals surface area contributed by atoms with E-state index in [1.54, 1.807) is 28.1 Å². The maximum atomic E-state index is 13.4. The summed E-state index contributed by atoms with van der Waals surface area (Å²) in [6.45, 7) is 2.75. The highest BCUT2D eigenvalue weighted by atomic mass is 19.4. The molecule has 38 heavy (non-hydrogen) atoms. The highest BCUT2D eigenvalue weighted by molar-refractivity contribution is 6.03. The van der Waals surface area contributed by atoms with E-state index in [4.69, 9.17) is 4.98 Å². The number of halogens is 4. The first-order chi connectivity index (χ1) is 18.1. The van der Waals surface area contributed by atoms with E-state index >= 15 is 0 Å². The zero-order chi connectivity index (χ0) is 27.0. The summed E-state index contributed by atoms with van der Waals surface area (Å²) in [7, 11) is 1.92. The van der Waals surface area contributed by atoms with E-state index in [9.17, 15) is 22.4 Å². The molecule has 5 heterocycles. The SMILES string of the molecule is C[C@@H]1CCN(C)c2ccc(-c3ccnc(N4CCC(C(F)(F)F)C4)c3)nc2N1C(=O)Nc1ccc(F)cn1. The minimum Gasteiger partial charge on any atom is -0.372 e. The van der Waals surface area contributed by atoms with Gasteiger partial charge in [-0.1, -0.05) is 0 Å². The summed E-state index contributed by atoms with van der Waals surface area (Å²) in [6.07, 6.45) is -0.942. The molecule has 2 amide bonds. The molecule has 1 saturated heterocycles. The number of carbonyl (C=O) groups is 1. The second-order valence-electron chi connectivity index (χ2n) is 9.64. The molecule has 2 aliphatic rings. The highest BCUT2D eigenvalue weighted by Gasteiger charge is 2.44. The summed E-state index contributed by atoms with van der Waals surface area (Å²) in [5.41, 5.74) is 1.98. The summed E-state index contributed by atoms with van der Waals surface area (Å²) < 4.78 is 52.8. The number of alkyl halides is 3. The molecule has 3 aromatic rings. The van der Waals surface area contributed by atoms with Gasteiger partial charge in [-0.15, -0.1) is 0 Å². The van der Waals surface area contributed by atoms with E-state index in [0.29, 0.717) is 35.9 Å². The van der Waals surface area contributed by atoms with Crippen LogP contribution in [-0.4, -0.2) is 59.9 Å². The van der Waals surface area contributed by atoms with Gasteiger partial charge in [0.2, 0.25) is 0 Å². The number of amides is 2. The number of aromatic nitrogens is 3. The smallest absolute Gasteiger partial charge is 0.372 e. The minimum atomic E-state index is -4.24. The third-order valence-corrected chi connectivity index (χ3v) is 7.01. The van der Waals surface area contributed by atoms with Gasteiger partial charge in [-0.25, -0.2) is 24.1 Å². The normalized spacial score (nSPS) is 19.8. The van der Waals surface area contributed by atoms with E-state index in [0.717, 1.165) is 11.9 Å². The largest absolute Gasteiger partial charge is 0.393 e. The van der Waals surface area contributed by atoms with Crippen molar-refractivity contribution >= 4 is 29.2 Å². The van der Waals surface area contributed by atoms with Crippen molar-refractivity contribution in [1.29, 1.82) is 0 Å². The van der Waals surface area contributed by atoms with Crippen molar-refractivity contribution in [1.82, 2.24) is 15.0 Å². The Bertz CT molecular complexity index is 1320. The molecule has 8 nitrogen and oxygen atoms in total. The number of fused-ring (bicyclic) bond motifs is 1. The molecule has 0 radical (unpaired) electrons. The Morgan fingerprint density at radius 2 is 1.89 bits per heavy atom. The molecule has 5 rings (SSSR count). The number of hydrogen-bond donors (Lipinski definition) is 1. The summed E-state index contributed by atoms with van der Waals surface area (Å²) in [5, 5.41) is 2.72. The van der Waals surface area contributed by atoms with Crippen LogP contribution in [0.5, 0.6) is 0 Å². The Kier molecular flexibility index (Phi) is 6.80. The lowest BCUT2D eigenvalue weighted by molar-refractivity contribution is -0.168. The fourth-order valence-electron chi connectivity index (χ4n) is 4.82. The number of nitrogens with zero attached hydrogens (tertiary/aromatic N) is 6. The Hall–Kier alpha value is -3.96. The molecule has 0 spiro atoms. The molecule has 1 unspecified atom stereocenters. The van der Waals surface area contributed by atoms with Crippen LogP contribution in [0, 0.1) is 11.7 Å². The van der Waals surface area contributed by atoms with Crippen LogP contribution >= 0.6 is 0 Å². The van der Waals surface area contributed by atoms with Crippen molar-refractivity contribution < 1.29 is 22.4 Å². The maximum Gasteiger partial charge on any atom is 0.393 e. The quantitative estimate of drug-likeness (QED) is 0.462. The number of hydrogen-bond acceptors (Lipinski definition) is 6. The van der Waals surface area contributed by atoms with E-state index in [1.807, 2.05) is 31.0 Å². The van der Waals surface area contributed by atoms with Crippen molar-refractivity contribution in [2.75, 3.05) is 46.7 Å². The van der Waals surface area contributed by atoms with Gasteiger partial charge in [0.25, 0.3) is 0 Å². The van der Waals surface area contributed by atoms with Gasteiger partial charge in [-0.2, -0.15) is 13.2 Å². The second kappa shape index (κ2) is 10.1. The summed E-state index contributed by atoms with van der Waals surface area (Å²) in [5.74, 6) is -0.789. The van der Waals surface area contributed by atoms with Crippen LogP contribution in [0.3, 0.4) is 0 Å². The van der Waals surface area contributed by atoms with Gasteiger partial charge in [-0.3, -0.25) is 10.2 Å². The van der Waals surface area contributed by atoms with Crippen LogP contribution in [0.1, 0.15) is 19.8 Å². The molecular formula is C26H27F4N7O. The molecule has 0 saturated carbocycles. The van der Waals surface area contributed by atoms with Crippen LogP contribution in [0.2, 0.25) is 0 Å². The van der Waals surface area contributed by atoms with Crippen LogP contribution in [0.4, 0.5) is 45.5 Å². The number of carbonyl (C=O) groups excluding carboxylic acids is 1. The maximum absolute atomic E-state index is 13.4. The number of anilines is 4. The number of nitrogens with one attached hydrogen (secondary N) is 1. The van der Waals surface area contributed by atoms with Gasteiger partial charge < -0.3 is 9.80 Å². The van der Waals surface area contributed by atoms with Crippen molar-refractivity contribution in [2.24, 2.45) is 5.92 Å². The fourth-order valence-corrected chi connectivity index (χ4v) is 4.82. The molecule has 12 heteroatoms. The Labute approximate surface area is 217 Å². The van der Waals surface area contributed by atoms with Gasteiger partial charge in [-0.05, 0) is 56.2 Å². The van der Waals surface area contributed by atoms with Gasteiger partial charge in [0.05, 0.1) is 23.5 Å². The van der Waals surface area contributed by atoms with E-state index in [1.165, 1.54) is 12.1 Å². The van der Waals surface area contributed by atoms with Gasteiger partial charge in [0, 0.05) is 44.5 Å². The number of urea groups is 1. The van der Waals surface area contributed by atoms with Crippen molar-refractivity contribution in [3.8, 4) is 11.3 Å².